The zero-order valence-corrected chi connectivity index (χ0v) is 18.5. The highest BCUT2D eigenvalue weighted by atomic mass is 16.2. The Bertz CT molecular complexity index is 848. The average Bonchev–Trinajstić information content (AvgIpc) is 2.69. The maximum absolute atomic E-state index is 12.6. The van der Waals surface area contributed by atoms with E-state index >= 15 is 0 Å². The van der Waals surface area contributed by atoms with E-state index in [0.717, 1.165) is 28.9 Å². The smallest absolute Gasteiger partial charge is 0.269 e. The van der Waals surface area contributed by atoms with Crippen molar-refractivity contribution in [3.05, 3.63) is 47.0 Å². The Morgan fingerprint density at radius 3 is 2.06 bits per heavy atom. The van der Waals surface area contributed by atoms with Crippen LogP contribution in [0.3, 0.4) is 0 Å². The van der Waals surface area contributed by atoms with Gasteiger partial charge in [0.15, 0.2) is 0 Å². The lowest BCUT2D eigenvalue weighted by Crippen LogP contribution is -2.50. The number of amides is 3. The minimum Gasteiger partial charge on any atom is -0.348 e. The van der Waals surface area contributed by atoms with Crippen LogP contribution in [0.5, 0.6) is 0 Å². The fraction of sp³-hybridized carbons (Fsp3) is 0.560. The highest BCUT2D eigenvalue weighted by Crippen LogP contribution is 2.61. The Hall–Kier alpha value is -2.63. The summed E-state index contributed by atoms with van der Waals surface area (Å²) in [7, 11) is 0. The molecule has 4 fully saturated rings. The Labute approximate surface area is 184 Å². The predicted octanol–water partition coefficient (Wildman–Crippen LogP) is 3.64. The number of hydrogen-bond acceptors (Lipinski definition) is 3. The second kappa shape index (κ2) is 8.85. The summed E-state index contributed by atoms with van der Waals surface area (Å²) in [5, 5.41) is 2.81. The van der Waals surface area contributed by atoms with Gasteiger partial charge < -0.3 is 5.32 Å². The molecule has 0 radical (unpaired) electrons. The first-order chi connectivity index (χ1) is 14.8. The van der Waals surface area contributed by atoms with E-state index in [1.807, 2.05) is 13.8 Å². The summed E-state index contributed by atoms with van der Waals surface area (Å²) in [6.45, 7) is 4.14. The summed E-state index contributed by atoms with van der Waals surface area (Å²) in [6.07, 6.45) is 9.64. The van der Waals surface area contributed by atoms with Crippen LogP contribution in [-0.4, -0.2) is 17.7 Å². The first-order valence-electron chi connectivity index (χ1n) is 11.4. The molecule has 31 heavy (non-hydrogen) atoms. The van der Waals surface area contributed by atoms with Crippen molar-refractivity contribution in [2.45, 2.75) is 65.3 Å². The molecular weight excluding hydrogens is 390 g/mol. The molecule has 4 saturated carbocycles. The van der Waals surface area contributed by atoms with Crippen molar-refractivity contribution in [3.8, 4) is 0 Å². The number of allylic oxidation sites excluding steroid dienone is 1. The molecule has 0 atom stereocenters. The van der Waals surface area contributed by atoms with Crippen LogP contribution in [0.15, 0.2) is 35.9 Å². The van der Waals surface area contributed by atoms with Crippen molar-refractivity contribution >= 4 is 17.7 Å². The van der Waals surface area contributed by atoms with Gasteiger partial charge in [-0.2, -0.15) is 0 Å². The quantitative estimate of drug-likeness (QED) is 0.482. The van der Waals surface area contributed by atoms with Gasteiger partial charge in [-0.1, -0.05) is 17.7 Å². The van der Waals surface area contributed by atoms with Crippen LogP contribution in [0.2, 0.25) is 0 Å². The summed E-state index contributed by atoms with van der Waals surface area (Å²) in [5.41, 5.74) is 7.64. The molecule has 0 spiro atoms. The lowest BCUT2D eigenvalue weighted by Gasteiger charge is -2.56. The van der Waals surface area contributed by atoms with Crippen LogP contribution in [0.4, 0.5) is 0 Å². The van der Waals surface area contributed by atoms with Crippen LogP contribution in [0.25, 0.3) is 0 Å². The minimum absolute atomic E-state index is 0.0890. The molecule has 0 aromatic heterocycles. The third kappa shape index (κ3) is 5.35. The van der Waals surface area contributed by atoms with Gasteiger partial charge in [0.25, 0.3) is 5.91 Å². The number of hydrogen-bond donors (Lipinski definition) is 3. The Kier molecular flexibility index (Phi) is 6.17. The average molecular weight is 424 g/mol. The first kappa shape index (κ1) is 21.6. The second-order valence-corrected chi connectivity index (χ2v) is 10.2. The zero-order chi connectivity index (χ0) is 22.0. The molecule has 6 nitrogen and oxygen atoms in total. The molecule has 166 valence electrons. The lowest BCUT2D eigenvalue weighted by atomic mass is 9.49. The van der Waals surface area contributed by atoms with Gasteiger partial charge in [-0.25, -0.2) is 0 Å². The maximum atomic E-state index is 12.6. The van der Waals surface area contributed by atoms with Gasteiger partial charge in [0.05, 0.1) is 0 Å². The van der Waals surface area contributed by atoms with Crippen LogP contribution in [-0.2, 0) is 16.1 Å². The molecule has 0 aliphatic heterocycles. The normalized spacial score (nSPS) is 28.0. The van der Waals surface area contributed by atoms with Crippen molar-refractivity contribution in [2.75, 3.05) is 0 Å². The molecule has 3 amide bonds. The van der Waals surface area contributed by atoms with Crippen molar-refractivity contribution < 1.29 is 14.4 Å². The summed E-state index contributed by atoms with van der Waals surface area (Å²) < 4.78 is 0. The summed E-state index contributed by atoms with van der Waals surface area (Å²) in [6, 6.07) is 7.00. The summed E-state index contributed by atoms with van der Waals surface area (Å²) in [5.74, 6) is 1.85. The van der Waals surface area contributed by atoms with E-state index in [1.54, 1.807) is 30.3 Å². The first-order valence-corrected chi connectivity index (χ1v) is 11.4. The van der Waals surface area contributed by atoms with Gasteiger partial charge in [-0.05, 0) is 93.2 Å². The fourth-order valence-corrected chi connectivity index (χ4v) is 6.37. The Morgan fingerprint density at radius 1 is 0.935 bits per heavy atom. The number of carbonyl (C=O) groups excluding carboxylic acids is 3. The molecule has 6 heteroatoms. The topological polar surface area (TPSA) is 87.3 Å². The van der Waals surface area contributed by atoms with E-state index < -0.39 is 0 Å². The number of rotatable bonds is 6. The number of benzene rings is 1. The highest BCUT2D eigenvalue weighted by Gasteiger charge is 2.51. The Morgan fingerprint density at radius 2 is 1.52 bits per heavy atom. The van der Waals surface area contributed by atoms with Crippen LogP contribution in [0, 0.1) is 23.2 Å². The third-order valence-corrected chi connectivity index (χ3v) is 7.12. The standard InChI is InChI=1S/C25H33N3O3/c1-16(2)7-22(29)26-15-17-3-5-21(6-4-17)24(31)28-27-23(30)14-25-11-18-8-19(12-25)10-20(9-18)13-25/h3-7,18-20H,8-15H2,1-2H3,(H,26,29)(H,27,30)(H,28,31). The molecule has 4 bridgehead atoms. The summed E-state index contributed by atoms with van der Waals surface area (Å²) in [4.78, 5) is 36.7. The molecule has 1 aromatic carbocycles. The van der Waals surface area contributed by atoms with Crippen molar-refractivity contribution in [2.24, 2.45) is 23.2 Å². The molecule has 4 aliphatic rings. The molecular formula is C25H33N3O3. The van der Waals surface area contributed by atoms with Crippen LogP contribution in [0.1, 0.15) is 74.7 Å². The van der Waals surface area contributed by atoms with E-state index in [4.69, 9.17) is 0 Å². The van der Waals surface area contributed by atoms with E-state index in [1.165, 1.54) is 38.5 Å². The van der Waals surface area contributed by atoms with Gasteiger partial charge in [0, 0.05) is 24.6 Å². The van der Waals surface area contributed by atoms with E-state index in [9.17, 15) is 14.4 Å². The third-order valence-electron chi connectivity index (χ3n) is 7.12. The molecule has 5 rings (SSSR count). The lowest BCUT2D eigenvalue weighted by molar-refractivity contribution is -0.130. The van der Waals surface area contributed by atoms with E-state index in [0.29, 0.717) is 18.5 Å². The van der Waals surface area contributed by atoms with Gasteiger partial charge in [0.1, 0.15) is 0 Å². The SMILES string of the molecule is CC(C)=CC(=O)NCc1ccc(C(=O)NNC(=O)CC23CC4CC(CC(C4)C2)C3)cc1. The molecule has 1 aromatic rings. The molecule has 3 N–H and O–H groups in total. The number of carbonyl (C=O) groups is 3. The summed E-state index contributed by atoms with van der Waals surface area (Å²) >= 11 is 0. The molecule has 0 unspecified atom stereocenters. The van der Waals surface area contributed by atoms with Gasteiger partial charge >= 0.3 is 0 Å². The molecule has 4 aliphatic carbocycles. The molecule has 0 saturated heterocycles. The van der Waals surface area contributed by atoms with Crippen molar-refractivity contribution in [1.82, 2.24) is 16.2 Å². The van der Waals surface area contributed by atoms with Crippen LogP contribution < -0.4 is 16.2 Å². The highest BCUT2D eigenvalue weighted by molar-refractivity contribution is 5.95. The minimum atomic E-state index is -0.334. The van der Waals surface area contributed by atoms with Crippen LogP contribution >= 0.6 is 0 Å². The Balaban J connectivity index is 1.24. The van der Waals surface area contributed by atoms with Crippen molar-refractivity contribution in [1.29, 1.82) is 0 Å². The second-order valence-electron chi connectivity index (χ2n) is 10.2. The largest absolute Gasteiger partial charge is 0.348 e. The fourth-order valence-electron chi connectivity index (χ4n) is 6.37. The van der Waals surface area contributed by atoms with Crippen molar-refractivity contribution in [3.63, 3.8) is 0 Å². The number of hydrazine groups is 1. The zero-order valence-electron chi connectivity index (χ0n) is 18.5. The van der Waals surface area contributed by atoms with E-state index in [2.05, 4.69) is 16.2 Å². The predicted molar refractivity (Wildman–Crippen MR) is 119 cm³/mol. The number of nitrogens with one attached hydrogen (secondary N) is 3. The monoisotopic (exact) mass is 423 g/mol. The molecule has 0 heterocycles. The van der Waals surface area contributed by atoms with Gasteiger partial charge in [0.2, 0.25) is 11.8 Å². The van der Waals surface area contributed by atoms with Gasteiger partial charge in [-0.15, -0.1) is 0 Å². The van der Waals surface area contributed by atoms with Gasteiger partial charge in [-0.3, -0.25) is 25.2 Å². The van der Waals surface area contributed by atoms with E-state index in [-0.39, 0.29) is 23.1 Å². The maximum Gasteiger partial charge on any atom is 0.269 e.